The maximum absolute atomic E-state index is 2.56. The van der Waals surface area contributed by atoms with Crippen molar-refractivity contribution in [1.29, 1.82) is 0 Å². The molecule has 0 saturated carbocycles. The molecule has 0 unspecified atom stereocenters. The molecule has 0 bridgehead atoms. The van der Waals surface area contributed by atoms with Gasteiger partial charge in [-0.15, -0.1) is 22.7 Å². The minimum atomic E-state index is -0.598. The van der Waals surface area contributed by atoms with Gasteiger partial charge in [0.15, 0.2) is 0 Å². The van der Waals surface area contributed by atoms with Gasteiger partial charge in [0.1, 0.15) is 0 Å². The van der Waals surface area contributed by atoms with E-state index in [9.17, 15) is 0 Å². The molecule has 2 aliphatic rings. The normalized spacial score (nSPS) is 12.8. The zero-order chi connectivity index (χ0) is 58.3. The van der Waals surface area contributed by atoms with Gasteiger partial charge >= 0.3 is 0 Å². The molecule has 0 fully saturated rings. The minimum absolute atomic E-state index is 0.598. The SMILES string of the molecule is c1ccc(N(c2cccc(-c3ccc4cc5c(cc4c3)C3(c4ccccc4-c4ccccc43)c3c-5c4ccccc4c4cc(-c5cccc(N(c6ccccc6)c6cccc7c6sc6ccccc67)c5)ccc34)c2)c2cccc3c2sc2ccccc23)cc1. The van der Waals surface area contributed by atoms with Crippen molar-refractivity contribution >= 4 is 129 Å². The maximum atomic E-state index is 2.56. The fourth-order valence-corrected chi connectivity index (χ4v) is 17.8. The molecule has 15 aromatic carbocycles. The van der Waals surface area contributed by atoms with E-state index in [2.05, 4.69) is 325 Å². The first-order chi connectivity index (χ1) is 44.1. The molecule has 0 N–H and O–H groups in total. The molecule has 2 nitrogen and oxygen atoms in total. The first-order valence-electron chi connectivity index (χ1n) is 30.6. The third-order valence-electron chi connectivity index (χ3n) is 19.2. The van der Waals surface area contributed by atoms with E-state index in [0.717, 1.165) is 22.7 Å². The number of anilines is 6. The molecule has 414 valence electrons. The van der Waals surface area contributed by atoms with Crippen LogP contribution in [0.3, 0.4) is 0 Å². The number of hydrogen-bond donors (Lipinski definition) is 0. The Labute approximate surface area is 523 Å². The van der Waals surface area contributed by atoms with Crippen LogP contribution in [0, 0.1) is 0 Å². The molecule has 2 aromatic heterocycles. The average Bonchev–Trinajstić information content (AvgIpc) is 1.50. The third kappa shape index (κ3) is 7.42. The summed E-state index contributed by atoms with van der Waals surface area (Å²) in [5.74, 6) is 0. The Hall–Kier alpha value is -10.9. The first-order valence-corrected chi connectivity index (χ1v) is 32.3. The lowest BCUT2D eigenvalue weighted by atomic mass is 9.69. The first kappa shape index (κ1) is 50.3. The maximum Gasteiger partial charge on any atom is 0.0731 e. The third-order valence-corrected chi connectivity index (χ3v) is 21.6. The molecule has 2 aliphatic carbocycles. The Bertz CT molecular complexity index is 5730. The molecule has 0 saturated heterocycles. The molecule has 1 spiro atoms. The van der Waals surface area contributed by atoms with Gasteiger partial charge in [-0.05, 0) is 196 Å². The Morgan fingerprint density at radius 2 is 0.708 bits per heavy atom. The van der Waals surface area contributed by atoms with Crippen LogP contribution in [0.2, 0.25) is 0 Å². The largest absolute Gasteiger partial charge is 0.309 e. The predicted octanol–water partition coefficient (Wildman–Crippen LogP) is 24.5. The number of benzene rings is 15. The van der Waals surface area contributed by atoms with Crippen molar-refractivity contribution in [3.05, 3.63) is 338 Å². The summed E-state index contributed by atoms with van der Waals surface area (Å²) in [4.78, 5) is 4.88. The van der Waals surface area contributed by atoms with Crippen molar-refractivity contribution in [3.8, 4) is 44.5 Å². The fraction of sp³-hybridized carbons (Fsp3) is 0.0118. The Kier molecular flexibility index (Phi) is 11.1. The van der Waals surface area contributed by atoms with Crippen LogP contribution in [0.1, 0.15) is 22.3 Å². The molecule has 0 aliphatic heterocycles. The van der Waals surface area contributed by atoms with E-state index < -0.39 is 5.41 Å². The highest BCUT2D eigenvalue weighted by Gasteiger charge is 2.53. The zero-order valence-electron chi connectivity index (χ0n) is 48.2. The highest BCUT2D eigenvalue weighted by atomic mass is 32.1. The summed E-state index contributed by atoms with van der Waals surface area (Å²) in [7, 11) is 0. The summed E-state index contributed by atoms with van der Waals surface area (Å²) in [5.41, 5.74) is 21.5. The summed E-state index contributed by atoms with van der Waals surface area (Å²) in [6.45, 7) is 0. The van der Waals surface area contributed by atoms with Crippen LogP contribution in [0.5, 0.6) is 0 Å². The molecule has 17 aromatic rings. The van der Waals surface area contributed by atoms with E-state index in [1.807, 2.05) is 22.7 Å². The van der Waals surface area contributed by atoms with Crippen molar-refractivity contribution in [2.75, 3.05) is 9.80 Å². The lowest BCUT2D eigenvalue weighted by Crippen LogP contribution is -2.26. The van der Waals surface area contributed by atoms with Crippen LogP contribution in [0.15, 0.2) is 315 Å². The second kappa shape index (κ2) is 19.6. The number of para-hydroxylation sites is 2. The number of fused-ring (bicyclic) bond motifs is 22. The molecule has 0 radical (unpaired) electrons. The van der Waals surface area contributed by atoms with Gasteiger partial charge in [0, 0.05) is 53.7 Å². The molecule has 0 atom stereocenters. The minimum Gasteiger partial charge on any atom is -0.309 e. The van der Waals surface area contributed by atoms with E-state index in [1.165, 1.54) is 151 Å². The van der Waals surface area contributed by atoms with Gasteiger partial charge in [-0.3, -0.25) is 0 Å². The van der Waals surface area contributed by atoms with E-state index in [1.54, 1.807) is 0 Å². The Balaban J connectivity index is 0.788. The van der Waals surface area contributed by atoms with Gasteiger partial charge in [-0.2, -0.15) is 0 Å². The van der Waals surface area contributed by atoms with Crippen LogP contribution in [-0.4, -0.2) is 0 Å². The van der Waals surface area contributed by atoms with E-state index in [4.69, 9.17) is 0 Å². The smallest absolute Gasteiger partial charge is 0.0731 e. The summed E-state index contributed by atoms with van der Waals surface area (Å²) in [6.07, 6.45) is 0. The van der Waals surface area contributed by atoms with Gasteiger partial charge in [0.25, 0.3) is 0 Å². The topological polar surface area (TPSA) is 6.48 Å². The van der Waals surface area contributed by atoms with Gasteiger partial charge in [-0.1, -0.05) is 218 Å². The Morgan fingerprint density at radius 1 is 0.247 bits per heavy atom. The van der Waals surface area contributed by atoms with E-state index in [0.29, 0.717) is 0 Å². The molecule has 0 amide bonds. The molecular formula is C85H52N2S2. The molecule has 2 heterocycles. The van der Waals surface area contributed by atoms with E-state index in [-0.39, 0.29) is 0 Å². The van der Waals surface area contributed by atoms with Crippen molar-refractivity contribution in [1.82, 2.24) is 0 Å². The standard InChI is InChI=1S/C85H52N2S2/c1-3-23-59(24-4-1)86(77-39-19-35-70-66-32-11-15-41-79(66)88-83(70)77)61-27-17-21-53(48-61)55-43-44-57-51-73-76(52-58(57)47-55)85(74-37-13-9-30-64(74)65-31-10-14-38-75(65)85)82-69-46-45-56(50-72(69)63-29-7-8-34-68(63)81(73)82)54-22-18-28-62(49-54)87(60-25-5-2-6-26-60)78-40-20-36-71-67-33-12-16-42-80(67)89-84(71)78/h1-52H. The van der Waals surface area contributed by atoms with Gasteiger partial charge in [0.2, 0.25) is 0 Å². The highest BCUT2D eigenvalue weighted by molar-refractivity contribution is 7.26. The van der Waals surface area contributed by atoms with Crippen LogP contribution in [-0.2, 0) is 5.41 Å². The average molecular weight is 1170 g/mol. The lowest BCUT2D eigenvalue weighted by molar-refractivity contribution is 0.803. The van der Waals surface area contributed by atoms with Crippen molar-refractivity contribution in [2.24, 2.45) is 0 Å². The van der Waals surface area contributed by atoms with Gasteiger partial charge in [0.05, 0.1) is 26.2 Å². The van der Waals surface area contributed by atoms with Crippen LogP contribution >= 0.6 is 22.7 Å². The molecule has 89 heavy (non-hydrogen) atoms. The lowest BCUT2D eigenvalue weighted by Gasteiger charge is -2.32. The number of nitrogens with zero attached hydrogens (tertiary/aromatic N) is 2. The van der Waals surface area contributed by atoms with Crippen LogP contribution < -0.4 is 9.80 Å². The second-order valence-corrected chi connectivity index (χ2v) is 25.9. The summed E-state index contributed by atoms with van der Waals surface area (Å²) < 4.78 is 5.15. The molecule has 4 heteroatoms. The van der Waals surface area contributed by atoms with Crippen LogP contribution in [0.4, 0.5) is 34.1 Å². The number of rotatable bonds is 8. The molecular weight excluding hydrogens is 1110 g/mol. The summed E-state index contributed by atoms with van der Waals surface area (Å²) in [6, 6.07) is 118. The quantitative estimate of drug-likeness (QED) is 0.140. The summed E-state index contributed by atoms with van der Waals surface area (Å²) in [5, 5.41) is 12.7. The predicted molar refractivity (Wildman–Crippen MR) is 381 cm³/mol. The molecule has 19 rings (SSSR count). The second-order valence-electron chi connectivity index (χ2n) is 23.8. The van der Waals surface area contributed by atoms with E-state index >= 15 is 0 Å². The van der Waals surface area contributed by atoms with Gasteiger partial charge in [-0.25, -0.2) is 0 Å². The fourth-order valence-electron chi connectivity index (χ4n) is 15.4. The number of thiophene rings is 2. The van der Waals surface area contributed by atoms with Crippen molar-refractivity contribution < 1.29 is 0 Å². The number of hydrogen-bond acceptors (Lipinski definition) is 4. The monoisotopic (exact) mass is 1160 g/mol. The van der Waals surface area contributed by atoms with Crippen molar-refractivity contribution in [2.45, 2.75) is 5.41 Å². The Morgan fingerprint density at radius 3 is 1.30 bits per heavy atom. The van der Waals surface area contributed by atoms with Gasteiger partial charge < -0.3 is 9.80 Å². The zero-order valence-corrected chi connectivity index (χ0v) is 49.9. The highest BCUT2D eigenvalue weighted by Crippen LogP contribution is 2.66. The summed E-state index contributed by atoms with van der Waals surface area (Å²) >= 11 is 3.74. The van der Waals surface area contributed by atoms with Crippen LogP contribution in [0.25, 0.3) is 117 Å². The van der Waals surface area contributed by atoms with Crippen molar-refractivity contribution in [3.63, 3.8) is 0 Å².